The summed E-state index contributed by atoms with van der Waals surface area (Å²) in [7, 11) is 0. The number of hydrogen-bond acceptors (Lipinski definition) is 3. The van der Waals surface area contributed by atoms with Crippen molar-refractivity contribution >= 4 is 30.7 Å². The van der Waals surface area contributed by atoms with Gasteiger partial charge in [0.05, 0.1) is 12.0 Å². The molecule has 1 aromatic heterocycles. The summed E-state index contributed by atoms with van der Waals surface area (Å²) in [4.78, 5) is 19.5. The molecule has 5 nitrogen and oxygen atoms in total. The molecule has 3 N–H and O–H groups in total. The summed E-state index contributed by atoms with van der Waals surface area (Å²) in [6.07, 6.45) is 3.79. The monoisotopic (exact) mass is 374 g/mol. The third-order valence-electron chi connectivity index (χ3n) is 3.89. The van der Waals surface area contributed by atoms with Crippen LogP contribution in [-0.4, -0.2) is 29.0 Å². The topological polar surface area (TPSA) is 69.8 Å². The van der Waals surface area contributed by atoms with Crippen molar-refractivity contribution in [3.8, 4) is 0 Å². The molecule has 0 aliphatic carbocycles. The SMILES string of the molecule is Cl.Cl.O=C(NCCCc1ccccc1F)C1NCCc2[nH]cnc21. The predicted octanol–water partition coefficient (Wildman–Crippen LogP) is 2.33. The van der Waals surface area contributed by atoms with E-state index in [1.165, 1.54) is 6.07 Å². The molecule has 0 saturated carbocycles. The number of hydrogen-bond donors (Lipinski definition) is 3. The van der Waals surface area contributed by atoms with E-state index in [2.05, 4.69) is 20.6 Å². The summed E-state index contributed by atoms with van der Waals surface area (Å²) in [6.45, 7) is 1.27. The lowest BCUT2D eigenvalue weighted by Crippen LogP contribution is -2.41. The number of rotatable bonds is 5. The first kappa shape index (κ1) is 20.4. The lowest BCUT2D eigenvalue weighted by Gasteiger charge is -2.22. The molecule has 2 aromatic rings. The lowest BCUT2D eigenvalue weighted by molar-refractivity contribution is -0.123. The molecule has 1 unspecified atom stereocenters. The summed E-state index contributed by atoms with van der Waals surface area (Å²) in [5.41, 5.74) is 2.48. The highest BCUT2D eigenvalue weighted by atomic mass is 35.5. The number of carbonyl (C=O) groups excluding carboxylic acids is 1. The van der Waals surface area contributed by atoms with Crippen LogP contribution in [0.1, 0.15) is 29.4 Å². The van der Waals surface area contributed by atoms with Crippen LogP contribution in [0.25, 0.3) is 0 Å². The van der Waals surface area contributed by atoms with Crippen LogP contribution in [0, 0.1) is 5.82 Å². The number of aryl methyl sites for hydroxylation is 1. The van der Waals surface area contributed by atoms with Gasteiger partial charge in [0, 0.05) is 25.2 Å². The van der Waals surface area contributed by atoms with E-state index in [1.54, 1.807) is 18.5 Å². The van der Waals surface area contributed by atoms with Crippen molar-refractivity contribution in [2.75, 3.05) is 13.1 Å². The maximum Gasteiger partial charge on any atom is 0.243 e. The van der Waals surface area contributed by atoms with Gasteiger partial charge in [-0.3, -0.25) is 4.79 Å². The molecular weight excluding hydrogens is 354 g/mol. The van der Waals surface area contributed by atoms with Gasteiger partial charge in [-0.1, -0.05) is 18.2 Å². The highest BCUT2D eigenvalue weighted by Gasteiger charge is 2.27. The summed E-state index contributed by atoms with van der Waals surface area (Å²) in [5.74, 6) is -0.273. The number of benzene rings is 1. The number of nitrogens with zero attached hydrogens (tertiary/aromatic N) is 1. The minimum absolute atomic E-state index is 0. The molecule has 0 radical (unpaired) electrons. The van der Waals surface area contributed by atoms with Crippen LogP contribution in [0.3, 0.4) is 0 Å². The molecule has 1 amide bonds. The number of aromatic amines is 1. The van der Waals surface area contributed by atoms with Gasteiger partial charge in [0.25, 0.3) is 0 Å². The van der Waals surface area contributed by atoms with E-state index in [-0.39, 0.29) is 36.5 Å². The molecule has 0 fully saturated rings. The van der Waals surface area contributed by atoms with Crippen molar-refractivity contribution in [1.29, 1.82) is 0 Å². The smallest absolute Gasteiger partial charge is 0.243 e. The lowest BCUT2D eigenvalue weighted by atomic mass is 10.0. The molecule has 1 aliphatic rings. The minimum Gasteiger partial charge on any atom is -0.354 e. The Kier molecular flexibility index (Phi) is 8.18. The van der Waals surface area contributed by atoms with E-state index in [0.29, 0.717) is 24.9 Å². The zero-order valence-corrected chi connectivity index (χ0v) is 14.7. The molecule has 8 heteroatoms. The second-order valence-electron chi connectivity index (χ2n) is 5.39. The van der Waals surface area contributed by atoms with Crippen molar-refractivity contribution in [2.45, 2.75) is 25.3 Å². The molecule has 2 heterocycles. The highest BCUT2D eigenvalue weighted by Crippen LogP contribution is 2.19. The van der Waals surface area contributed by atoms with Gasteiger partial charge in [-0.2, -0.15) is 0 Å². The molecule has 0 spiro atoms. The number of fused-ring (bicyclic) bond motifs is 1. The Hall–Kier alpha value is -1.63. The highest BCUT2D eigenvalue weighted by molar-refractivity contribution is 5.85. The van der Waals surface area contributed by atoms with E-state index in [9.17, 15) is 9.18 Å². The first-order valence-corrected chi connectivity index (χ1v) is 7.52. The Morgan fingerprint density at radius 1 is 1.33 bits per heavy atom. The zero-order valence-electron chi connectivity index (χ0n) is 13.0. The summed E-state index contributed by atoms with van der Waals surface area (Å²) < 4.78 is 13.5. The maximum atomic E-state index is 13.5. The quantitative estimate of drug-likeness (QED) is 0.703. The number of carbonyl (C=O) groups is 1. The third kappa shape index (κ3) is 4.69. The number of halogens is 3. The molecule has 132 valence electrons. The van der Waals surface area contributed by atoms with Gasteiger partial charge >= 0.3 is 0 Å². The second kappa shape index (κ2) is 9.61. The van der Waals surface area contributed by atoms with Gasteiger partial charge < -0.3 is 15.6 Å². The number of amides is 1. The van der Waals surface area contributed by atoms with Crippen LogP contribution in [0.15, 0.2) is 30.6 Å². The first-order chi connectivity index (χ1) is 10.8. The van der Waals surface area contributed by atoms with E-state index >= 15 is 0 Å². The molecule has 0 saturated heterocycles. The van der Waals surface area contributed by atoms with Gasteiger partial charge in [0.2, 0.25) is 5.91 Å². The van der Waals surface area contributed by atoms with Crippen LogP contribution in [-0.2, 0) is 17.6 Å². The van der Waals surface area contributed by atoms with Crippen molar-refractivity contribution in [3.05, 3.63) is 53.4 Å². The van der Waals surface area contributed by atoms with Crippen LogP contribution in [0.4, 0.5) is 4.39 Å². The van der Waals surface area contributed by atoms with Gasteiger partial charge in [0.15, 0.2) is 0 Å². The molecule has 0 bridgehead atoms. The van der Waals surface area contributed by atoms with E-state index in [4.69, 9.17) is 0 Å². The standard InChI is InChI=1S/C16H19FN4O.2ClH/c17-12-6-2-1-4-11(12)5-3-8-19-16(22)15-14-13(7-9-18-15)20-10-21-14;;/h1-2,4,6,10,15,18H,3,5,7-9H2,(H,19,22)(H,20,21);2*1H. The fraction of sp³-hybridized carbons (Fsp3) is 0.375. The number of imidazole rings is 1. The Bertz CT molecular complexity index is 665. The summed E-state index contributed by atoms with van der Waals surface area (Å²) in [5, 5.41) is 6.07. The fourth-order valence-electron chi connectivity index (χ4n) is 2.73. The van der Waals surface area contributed by atoms with E-state index in [1.807, 2.05) is 6.07 Å². The van der Waals surface area contributed by atoms with Gasteiger partial charge in [-0.05, 0) is 24.5 Å². The number of nitrogens with one attached hydrogen (secondary N) is 3. The van der Waals surface area contributed by atoms with Crippen LogP contribution in [0.5, 0.6) is 0 Å². The average Bonchev–Trinajstić information content (AvgIpc) is 3.01. The van der Waals surface area contributed by atoms with Crippen molar-refractivity contribution < 1.29 is 9.18 Å². The van der Waals surface area contributed by atoms with Crippen LogP contribution in [0.2, 0.25) is 0 Å². The zero-order chi connectivity index (χ0) is 15.4. The molecular formula is C16H21Cl2FN4O. The van der Waals surface area contributed by atoms with Crippen molar-refractivity contribution in [1.82, 2.24) is 20.6 Å². The molecule has 1 aliphatic heterocycles. The Morgan fingerprint density at radius 2 is 2.12 bits per heavy atom. The van der Waals surface area contributed by atoms with E-state index < -0.39 is 6.04 Å². The Labute approximate surface area is 152 Å². The van der Waals surface area contributed by atoms with Gasteiger partial charge in [-0.25, -0.2) is 9.37 Å². The summed E-state index contributed by atoms with van der Waals surface area (Å²) in [6, 6.07) is 6.33. The van der Waals surface area contributed by atoms with Crippen molar-refractivity contribution in [2.24, 2.45) is 0 Å². The predicted molar refractivity (Wildman–Crippen MR) is 95.3 cm³/mol. The normalized spacial score (nSPS) is 15.6. The Balaban J connectivity index is 0.00000144. The van der Waals surface area contributed by atoms with Gasteiger partial charge in [0.1, 0.15) is 11.9 Å². The van der Waals surface area contributed by atoms with Crippen LogP contribution < -0.4 is 10.6 Å². The van der Waals surface area contributed by atoms with Crippen LogP contribution >= 0.6 is 24.8 Å². The molecule has 1 atom stereocenters. The van der Waals surface area contributed by atoms with Gasteiger partial charge in [-0.15, -0.1) is 24.8 Å². The molecule has 3 rings (SSSR count). The Morgan fingerprint density at radius 3 is 2.92 bits per heavy atom. The second-order valence-corrected chi connectivity index (χ2v) is 5.39. The maximum absolute atomic E-state index is 13.5. The largest absolute Gasteiger partial charge is 0.354 e. The van der Waals surface area contributed by atoms with Crippen molar-refractivity contribution in [3.63, 3.8) is 0 Å². The summed E-state index contributed by atoms with van der Waals surface area (Å²) >= 11 is 0. The molecule has 1 aromatic carbocycles. The first-order valence-electron chi connectivity index (χ1n) is 7.52. The minimum atomic E-state index is -0.400. The van der Waals surface area contributed by atoms with E-state index in [0.717, 1.165) is 24.4 Å². The fourth-order valence-corrected chi connectivity index (χ4v) is 2.73. The number of H-pyrrole nitrogens is 1. The number of aromatic nitrogens is 2. The third-order valence-corrected chi connectivity index (χ3v) is 3.89. The molecule has 24 heavy (non-hydrogen) atoms. The average molecular weight is 375 g/mol.